The number of likely N-dealkylation sites (N-methyl/N-ethyl adjacent to an activating group) is 1. The smallest absolute Gasteiger partial charge is 0.193 e. The van der Waals surface area contributed by atoms with Gasteiger partial charge in [0, 0.05) is 33.2 Å². The van der Waals surface area contributed by atoms with Crippen LogP contribution >= 0.6 is 0 Å². The van der Waals surface area contributed by atoms with Crippen molar-refractivity contribution >= 4 is 5.96 Å². The molecule has 0 bridgehead atoms. The summed E-state index contributed by atoms with van der Waals surface area (Å²) in [6.45, 7) is 9.95. The van der Waals surface area contributed by atoms with Crippen LogP contribution in [0.5, 0.6) is 5.75 Å². The maximum Gasteiger partial charge on any atom is 0.193 e. The van der Waals surface area contributed by atoms with Crippen molar-refractivity contribution in [1.82, 2.24) is 10.2 Å². The van der Waals surface area contributed by atoms with Crippen molar-refractivity contribution in [2.75, 3.05) is 40.4 Å². The highest BCUT2D eigenvalue weighted by Crippen LogP contribution is 2.33. The summed E-state index contributed by atoms with van der Waals surface area (Å²) in [6.07, 6.45) is 2.62. The molecule has 1 saturated heterocycles. The first kappa shape index (κ1) is 20.6. The molecule has 1 aliphatic heterocycles. The molecule has 0 amide bonds. The molecule has 0 aromatic heterocycles. The Bertz CT molecular complexity index is 554. The maximum atomic E-state index is 6.08. The van der Waals surface area contributed by atoms with Gasteiger partial charge in [-0.25, -0.2) is 0 Å². The van der Waals surface area contributed by atoms with Gasteiger partial charge in [-0.05, 0) is 30.4 Å². The fourth-order valence-corrected chi connectivity index (χ4v) is 3.54. The van der Waals surface area contributed by atoms with E-state index in [0.29, 0.717) is 12.5 Å². The molecule has 0 spiro atoms. The molecule has 2 atom stereocenters. The summed E-state index contributed by atoms with van der Waals surface area (Å²) in [5, 5.41) is 3.53. The molecule has 1 aromatic carbocycles. The number of ether oxygens (including phenoxy) is 2. The number of para-hydroxylation sites is 1. The average Bonchev–Trinajstić information content (AvgIpc) is 2.62. The van der Waals surface area contributed by atoms with Crippen LogP contribution in [0.3, 0.4) is 0 Å². The zero-order valence-corrected chi connectivity index (χ0v) is 17.0. The van der Waals surface area contributed by atoms with E-state index in [1.807, 2.05) is 44.4 Å². The van der Waals surface area contributed by atoms with Gasteiger partial charge in [0.2, 0.25) is 0 Å². The summed E-state index contributed by atoms with van der Waals surface area (Å²) in [7, 11) is 3.87. The molecule has 5 heteroatoms. The second kappa shape index (κ2) is 9.81. The Morgan fingerprint density at radius 2 is 2.04 bits per heavy atom. The maximum absolute atomic E-state index is 6.08. The third-order valence-electron chi connectivity index (χ3n) is 4.83. The molecule has 1 aliphatic rings. The highest BCUT2D eigenvalue weighted by atomic mass is 16.5. The van der Waals surface area contributed by atoms with Gasteiger partial charge in [-0.2, -0.15) is 0 Å². The summed E-state index contributed by atoms with van der Waals surface area (Å²) >= 11 is 0. The minimum atomic E-state index is 0.158. The van der Waals surface area contributed by atoms with Gasteiger partial charge >= 0.3 is 0 Å². The van der Waals surface area contributed by atoms with Gasteiger partial charge in [0.1, 0.15) is 12.4 Å². The Labute approximate surface area is 158 Å². The Morgan fingerprint density at radius 1 is 1.31 bits per heavy atom. The molecule has 1 aromatic rings. The molecule has 5 nitrogen and oxygen atoms in total. The van der Waals surface area contributed by atoms with Crippen LogP contribution < -0.4 is 10.1 Å². The number of benzene rings is 1. The second-order valence-corrected chi connectivity index (χ2v) is 8.07. The lowest BCUT2D eigenvalue weighted by Crippen LogP contribution is -2.48. The molecule has 1 N–H and O–H groups in total. The van der Waals surface area contributed by atoms with Gasteiger partial charge in [0.15, 0.2) is 5.96 Å². The van der Waals surface area contributed by atoms with Gasteiger partial charge in [0.25, 0.3) is 0 Å². The van der Waals surface area contributed by atoms with E-state index >= 15 is 0 Å². The monoisotopic (exact) mass is 361 g/mol. The molecule has 0 radical (unpaired) electrons. The van der Waals surface area contributed by atoms with Crippen LogP contribution in [-0.4, -0.2) is 57.4 Å². The van der Waals surface area contributed by atoms with Crippen molar-refractivity contribution in [2.24, 2.45) is 16.3 Å². The molecular weight excluding hydrogens is 326 g/mol. The van der Waals surface area contributed by atoms with Crippen molar-refractivity contribution in [2.45, 2.75) is 39.7 Å². The minimum Gasteiger partial charge on any atom is -0.492 e. The van der Waals surface area contributed by atoms with Gasteiger partial charge in [0.05, 0.1) is 12.6 Å². The third-order valence-corrected chi connectivity index (χ3v) is 4.83. The summed E-state index contributed by atoms with van der Waals surface area (Å²) in [6, 6.07) is 9.91. The Kier molecular flexibility index (Phi) is 7.76. The third kappa shape index (κ3) is 6.20. The molecule has 146 valence electrons. The largest absolute Gasteiger partial charge is 0.492 e. The molecule has 0 saturated carbocycles. The normalized spacial score (nSPS) is 21.3. The van der Waals surface area contributed by atoms with Gasteiger partial charge in [-0.3, -0.25) is 4.99 Å². The first-order valence-corrected chi connectivity index (χ1v) is 9.63. The van der Waals surface area contributed by atoms with E-state index in [4.69, 9.17) is 9.47 Å². The molecular formula is C21H35N3O2. The number of hydrogen-bond acceptors (Lipinski definition) is 3. The zero-order chi connectivity index (χ0) is 19.0. The Hall–Kier alpha value is -1.75. The fraction of sp³-hybridized carbons (Fsp3) is 0.667. The van der Waals surface area contributed by atoms with Crippen LogP contribution in [0.25, 0.3) is 0 Å². The number of hydrogen-bond donors (Lipinski definition) is 1. The fourth-order valence-electron chi connectivity index (χ4n) is 3.54. The summed E-state index contributed by atoms with van der Waals surface area (Å²) < 4.78 is 11.9. The second-order valence-electron chi connectivity index (χ2n) is 8.07. The lowest BCUT2D eigenvalue weighted by Gasteiger charge is -2.40. The lowest BCUT2D eigenvalue weighted by atomic mass is 9.78. The standard InChI is InChI=1S/C21H35N3O2/c1-21(2,3)19-17(10-9-14-26-19)16-23-20(22-4)24(5)13-15-25-18-11-7-6-8-12-18/h6-8,11-12,17,19H,9-10,13-16H2,1-5H3,(H,22,23). The Morgan fingerprint density at radius 3 is 2.69 bits per heavy atom. The number of nitrogens with zero attached hydrogens (tertiary/aromatic N) is 2. The van der Waals surface area contributed by atoms with E-state index in [0.717, 1.165) is 37.8 Å². The summed E-state index contributed by atoms with van der Waals surface area (Å²) in [4.78, 5) is 6.53. The number of nitrogens with one attached hydrogen (secondary N) is 1. The SMILES string of the molecule is CN=C(NCC1CCCOC1C(C)(C)C)N(C)CCOc1ccccc1. The van der Waals surface area contributed by atoms with Crippen LogP contribution in [0.1, 0.15) is 33.6 Å². The van der Waals surface area contributed by atoms with Crippen molar-refractivity contribution in [3.63, 3.8) is 0 Å². The number of rotatable bonds is 6. The van der Waals surface area contributed by atoms with Crippen LogP contribution in [-0.2, 0) is 4.74 Å². The summed E-state index contributed by atoms with van der Waals surface area (Å²) in [5.41, 5.74) is 0.158. The topological polar surface area (TPSA) is 46.1 Å². The molecule has 1 heterocycles. The first-order chi connectivity index (χ1) is 12.4. The zero-order valence-electron chi connectivity index (χ0n) is 17.0. The minimum absolute atomic E-state index is 0.158. The molecule has 1 fully saturated rings. The van der Waals surface area contributed by atoms with E-state index in [2.05, 4.69) is 36.0 Å². The van der Waals surface area contributed by atoms with Crippen LogP contribution in [0.4, 0.5) is 0 Å². The van der Waals surface area contributed by atoms with E-state index in [1.54, 1.807) is 0 Å². The molecule has 2 rings (SSSR count). The predicted molar refractivity (Wildman–Crippen MR) is 108 cm³/mol. The molecule has 0 aliphatic carbocycles. The molecule has 26 heavy (non-hydrogen) atoms. The summed E-state index contributed by atoms with van der Waals surface area (Å²) in [5.74, 6) is 2.31. The van der Waals surface area contributed by atoms with Crippen LogP contribution in [0.2, 0.25) is 0 Å². The van der Waals surface area contributed by atoms with Crippen LogP contribution in [0.15, 0.2) is 35.3 Å². The van der Waals surface area contributed by atoms with Crippen molar-refractivity contribution in [1.29, 1.82) is 0 Å². The van der Waals surface area contributed by atoms with E-state index in [-0.39, 0.29) is 11.5 Å². The van der Waals surface area contributed by atoms with E-state index in [1.165, 1.54) is 6.42 Å². The first-order valence-electron chi connectivity index (χ1n) is 9.63. The molecule has 2 unspecified atom stereocenters. The van der Waals surface area contributed by atoms with E-state index < -0.39 is 0 Å². The van der Waals surface area contributed by atoms with Crippen molar-refractivity contribution in [3.8, 4) is 5.75 Å². The van der Waals surface area contributed by atoms with Gasteiger partial charge in [-0.1, -0.05) is 39.0 Å². The van der Waals surface area contributed by atoms with Gasteiger partial charge < -0.3 is 19.7 Å². The quantitative estimate of drug-likeness (QED) is 0.623. The van der Waals surface area contributed by atoms with Crippen molar-refractivity contribution < 1.29 is 9.47 Å². The van der Waals surface area contributed by atoms with E-state index in [9.17, 15) is 0 Å². The van der Waals surface area contributed by atoms with Gasteiger partial charge in [-0.15, -0.1) is 0 Å². The lowest BCUT2D eigenvalue weighted by molar-refractivity contribution is -0.0836. The average molecular weight is 362 g/mol. The Balaban J connectivity index is 1.80. The van der Waals surface area contributed by atoms with Crippen molar-refractivity contribution in [3.05, 3.63) is 30.3 Å². The highest BCUT2D eigenvalue weighted by Gasteiger charge is 2.35. The number of guanidine groups is 1. The number of aliphatic imine (C=N–C) groups is 1. The highest BCUT2D eigenvalue weighted by molar-refractivity contribution is 5.79. The van der Waals surface area contributed by atoms with Crippen LogP contribution in [0, 0.1) is 11.3 Å². The predicted octanol–water partition coefficient (Wildman–Crippen LogP) is 3.41.